The Balaban J connectivity index is 1.87. The highest BCUT2D eigenvalue weighted by Crippen LogP contribution is 2.38. The predicted octanol–water partition coefficient (Wildman–Crippen LogP) is 0.427. The second-order valence-electron chi connectivity index (χ2n) is 9.91. The molecule has 0 aliphatic heterocycles. The molecule has 0 aromatic heterocycles. The lowest BCUT2D eigenvalue weighted by atomic mass is 9.93. The molecule has 43 heavy (non-hydrogen) atoms. The van der Waals surface area contributed by atoms with E-state index < -0.39 is 44.6 Å². The van der Waals surface area contributed by atoms with Crippen molar-refractivity contribution in [1.82, 2.24) is 0 Å². The van der Waals surface area contributed by atoms with Crippen molar-refractivity contribution >= 4 is 21.5 Å². The summed E-state index contributed by atoms with van der Waals surface area (Å²) in [6, 6.07) is 17.5. The molecule has 4 rings (SSSR count). The maximum absolute atomic E-state index is 9.97. The van der Waals surface area contributed by atoms with Gasteiger partial charge in [-0.05, 0) is 57.9 Å². The van der Waals surface area contributed by atoms with E-state index in [0.717, 1.165) is 10.8 Å². The number of rotatable bonds is 16. The normalized spacial score (nSPS) is 13.1. The van der Waals surface area contributed by atoms with Gasteiger partial charge >= 0.3 is 0 Å². The number of ether oxygens (including phenoxy) is 4. The topological polar surface area (TPSA) is 199 Å². The van der Waals surface area contributed by atoms with Crippen LogP contribution in [0, 0.1) is 0 Å². The summed E-state index contributed by atoms with van der Waals surface area (Å²) in [7, 11) is 0. The smallest absolute Gasteiger partial charge is 0.186 e. The van der Waals surface area contributed by atoms with Crippen LogP contribution in [0.15, 0.2) is 60.7 Å². The third-order valence-corrected chi connectivity index (χ3v) is 6.56. The van der Waals surface area contributed by atoms with Crippen molar-refractivity contribution in [3.8, 4) is 23.0 Å². The Labute approximate surface area is 247 Å². The van der Waals surface area contributed by atoms with Gasteiger partial charge in [-0.15, -0.1) is 0 Å². The van der Waals surface area contributed by atoms with Gasteiger partial charge < -0.3 is 59.8 Å². The summed E-state index contributed by atoms with van der Waals surface area (Å²) in [6.07, 6.45) is -5.41. The lowest BCUT2D eigenvalue weighted by Gasteiger charge is -2.20. The van der Waals surface area contributed by atoms with Crippen LogP contribution in [0.5, 0.6) is 23.0 Å². The Bertz CT molecular complexity index is 1490. The first-order chi connectivity index (χ1) is 20.7. The maximum Gasteiger partial charge on any atom is 0.186 e. The molecule has 0 aliphatic carbocycles. The first-order valence-electron chi connectivity index (χ1n) is 13.6. The van der Waals surface area contributed by atoms with Crippen molar-refractivity contribution in [3.05, 3.63) is 71.8 Å². The molecule has 0 saturated heterocycles. The Hall–Kier alpha value is -3.72. The van der Waals surface area contributed by atoms with Crippen LogP contribution in [0.3, 0.4) is 0 Å². The second-order valence-corrected chi connectivity index (χ2v) is 9.91. The average Bonchev–Trinajstić information content (AvgIpc) is 3.01. The van der Waals surface area contributed by atoms with Crippen molar-refractivity contribution < 1.29 is 59.8 Å². The summed E-state index contributed by atoms with van der Waals surface area (Å²) in [5, 5.41) is 78.7. The van der Waals surface area contributed by atoms with Crippen LogP contribution in [0.1, 0.15) is 11.1 Å². The van der Waals surface area contributed by atoms with Crippen LogP contribution >= 0.6 is 0 Å². The molecule has 12 heteroatoms. The van der Waals surface area contributed by atoms with Gasteiger partial charge in [0.05, 0.1) is 13.2 Å². The summed E-state index contributed by atoms with van der Waals surface area (Å²) in [4.78, 5) is 0. The maximum atomic E-state index is 9.97. The van der Waals surface area contributed by atoms with E-state index >= 15 is 0 Å². The predicted molar refractivity (Wildman–Crippen MR) is 155 cm³/mol. The Morgan fingerprint density at radius 3 is 1.35 bits per heavy atom. The van der Waals surface area contributed by atoms with Gasteiger partial charge in [0, 0.05) is 17.5 Å². The molecule has 0 aliphatic rings. The molecule has 8 N–H and O–H groups in total. The standard InChI is InChI=1S/C31H36O12/c32-12-20(34)14-40-22-5-1-18-4-8-29(43-17-31(38)39)27(24(18)9-22)11-26-25-10-23(41-16-30(36)37)6-2-19(25)3-7-28(26)42-15-21(35)13-33/h1-10,20-21,30-39H,11-17H2. The van der Waals surface area contributed by atoms with Crippen molar-refractivity contribution in [1.29, 1.82) is 0 Å². The first-order valence-corrected chi connectivity index (χ1v) is 13.6. The molecule has 0 heterocycles. The molecule has 0 bridgehead atoms. The third kappa shape index (κ3) is 8.66. The quantitative estimate of drug-likeness (QED) is 0.0827. The van der Waals surface area contributed by atoms with Gasteiger partial charge in [0.15, 0.2) is 12.6 Å². The molecule has 0 spiro atoms. The van der Waals surface area contributed by atoms with Gasteiger partial charge in [-0.1, -0.05) is 24.3 Å². The van der Waals surface area contributed by atoms with Crippen LogP contribution in [0.2, 0.25) is 0 Å². The number of hydrogen-bond donors (Lipinski definition) is 8. The largest absolute Gasteiger partial charge is 0.491 e. The second kappa shape index (κ2) is 15.1. The van der Waals surface area contributed by atoms with Gasteiger partial charge in [-0.3, -0.25) is 0 Å². The van der Waals surface area contributed by atoms with Crippen LogP contribution in [0.25, 0.3) is 21.5 Å². The lowest BCUT2D eigenvalue weighted by Crippen LogP contribution is -2.21. The van der Waals surface area contributed by atoms with Crippen molar-refractivity contribution in [3.63, 3.8) is 0 Å². The Morgan fingerprint density at radius 2 is 0.884 bits per heavy atom. The molecule has 232 valence electrons. The van der Waals surface area contributed by atoms with Crippen LogP contribution < -0.4 is 18.9 Å². The van der Waals surface area contributed by atoms with E-state index in [-0.39, 0.29) is 26.2 Å². The summed E-state index contributed by atoms with van der Waals surface area (Å²) in [5.41, 5.74) is 1.27. The zero-order valence-electron chi connectivity index (χ0n) is 23.2. The fourth-order valence-corrected chi connectivity index (χ4v) is 4.49. The van der Waals surface area contributed by atoms with Gasteiger partial charge in [-0.25, -0.2) is 0 Å². The average molecular weight is 601 g/mol. The number of benzene rings is 4. The van der Waals surface area contributed by atoms with Crippen LogP contribution in [0.4, 0.5) is 0 Å². The lowest BCUT2D eigenvalue weighted by molar-refractivity contribution is -0.0685. The van der Waals surface area contributed by atoms with E-state index in [4.69, 9.17) is 24.1 Å². The molecule has 0 radical (unpaired) electrons. The summed E-state index contributed by atoms with van der Waals surface area (Å²) in [5.74, 6) is 1.52. The van der Waals surface area contributed by atoms with Crippen LogP contribution in [-0.2, 0) is 6.42 Å². The minimum atomic E-state index is -1.73. The van der Waals surface area contributed by atoms with Crippen molar-refractivity contribution in [2.75, 3.05) is 39.6 Å². The third-order valence-electron chi connectivity index (χ3n) is 6.56. The van der Waals surface area contributed by atoms with Crippen LogP contribution in [-0.4, -0.2) is 105 Å². The van der Waals surface area contributed by atoms with E-state index in [1.165, 1.54) is 0 Å². The number of aliphatic hydroxyl groups is 8. The molecular weight excluding hydrogens is 564 g/mol. The van der Waals surface area contributed by atoms with Crippen molar-refractivity contribution in [2.24, 2.45) is 0 Å². The number of aliphatic hydroxyl groups excluding tert-OH is 6. The molecule has 0 fully saturated rings. The van der Waals surface area contributed by atoms with Gasteiger partial charge in [0.1, 0.15) is 61.6 Å². The minimum absolute atomic E-state index is 0.135. The molecule has 12 nitrogen and oxygen atoms in total. The summed E-state index contributed by atoms with van der Waals surface area (Å²) >= 11 is 0. The Kier molecular flexibility index (Phi) is 11.3. The molecule has 4 aromatic carbocycles. The summed E-state index contributed by atoms with van der Waals surface area (Å²) in [6.45, 7) is -2.04. The molecule has 2 unspecified atom stereocenters. The van der Waals surface area contributed by atoms with Crippen molar-refractivity contribution in [2.45, 2.75) is 31.2 Å². The van der Waals surface area contributed by atoms with E-state index in [1.54, 1.807) is 48.5 Å². The highest BCUT2D eigenvalue weighted by Gasteiger charge is 2.19. The highest BCUT2D eigenvalue weighted by atomic mass is 16.5. The molecule has 4 aromatic rings. The summed E-state index contributed by atoms with van der Waals surface area (Å²) < 4.78 is 22.9. The highest BCUT2D eigenvalue weighted by molar-refractivity contribution is 5.93. The van der Waals surface area contributed by atoms with E-state index in [9.17, 15) is 35.7 Å². The molecular formula is C31H36O12. The van der Waals surface area contributed by atoms with E-state index in [1.807, 2.05) is 12.1 Å². The molecule has 0 saturated carbocycles. The zero-order chi connectivity index (χ0) is 30.9. The fraction of sp³-hybridized carbons (Fsp3) is 0.355. The minimum Gasteiger partial charge on any atom is -0.491 e. The Morgan fingerprint density at radius 1 is 0.488 bits per heavy atom. The molecule has 0 amide bonds. The van der Waals surface area contributed by atoms with Gasteiger partial charge in [0.25, 0.3) is 0 Å². The number of hydrogen-bond acceptors (Lipinski definition) is 12. The van der Waals surface area contributed by atoms with Gasteiger partial charge in [-0.2, -0.15) is 0 Å². The fourth-order valence-electron chi connectivity index (χ4n) is 4.49. The van der Waals surface area contributed by atoms with Gasteiger partial charge in [0.2, 0.25) is 0 Å². The van der Waals surface area contributed by atoms with E-state index in [0.29, 0.717) is 44.9 Å². The monoisotopic (exact) mass is 600 g/mol. The SMILES string of the molecule is OCC(O)COc1ccc2ccc(OCC(O)O)c(Cc3c(OCC(O)CO)ccc4ccc(OCC(O)O)cc34)c2c1. The first kappa shape index (κ1) is 32.2. The zero-order valence-corrected chi connectivity index (χ0v) is 23.2. The number of fused-ring (bicyclic) bond motifs is 2. The molecule has 2 atom stereocenters. The van der Waals surface area contributed by atoms with E-state index in [2.05, 4.69) is 0 Å².